The first-order chi connectivity index (χ1) is 13.2. The second kappa shape index (κ2) is 7.55. The minimum absolute atomic E-state index is 0.0170. The average molecular weight is 379 g/mol. The highest BCUT2D eigenvalue weighted by atomic mass is 19.1. The highest BCUT2D eigenvalue weighted by Gasteiger charge is 2.41. The number of Topliss-reactive ketones (excluding diaryl/α,β-unsaturated/α-hetero) is 2. The molecule has 0 atom stereocenters. The Hall–Kier alpha value is -3.00. The van der Waals surface area contributed by atoms with Gasteiger partial charge in [-0.15, -0.1) is 0 Å². The lowest BCUT2D eigenvalue weighted by Crippen LogP contribution is -2.36. The van der Waals surface area contributed by atoms with Crippen molar-refractivity contribution in [3.05, 3.63) is 58.9 Å². The average Bonchev–Trinajstić information content (AvgIpc) is 2.62. The van der Waals surface area contributed by atoms with Crippen LogP contribution in [-0.4, -0.2) is 11.6 Å². The third-order valence-corrected chi connectivity index (χ3v) is 5.05. The molecule has 0 spiro atoms. The van der Waals surface area contributed by atoms with Crippen LogP contribution in [0.2, 0.25) is 0 Å². The summed E-state index contributed by atoms with van der Waals surface area (Å²) in [6.45, 7) is 5.81. The summed E-state index contributed by atoms with van der Waals surface area (Å²) in [5.41, 5.74) is 1.42. The predicted octanol–water partition coefficient (Wildman–Crippen LogP) is 5.09. The highest BCUT2D eigenvalue weighted by molar-refractivity contribution is 6.10. The molecule has 0 aromatic heterocycles. The molecule has 0 unspecified atom stereocenters. The fraction of sp³-hybridized carbons (Fsp3) is 0.348. The Morgan fingerprint density at radius 2 is 1.82 bits per heavy atom. The number of carbonyl (C=O) groups excluding carboxylic acids is 2. The van der Waals surface area contributed by atoms with E-state index in [4.69, 9.17) is 10.00 Å². The maximum absolute atomic E-state index is 14.1. The highest BCUT2D eigenvalue weighted by Crippen LogP contribution is 2.40. The van der Waals surface area contributed by atoms with Gasteiger partial charge < -0.3 is 4.74 Å². The maximum Gasteiger partial charge on any atom is 0.167 e. The van der Waals surface area contributed by atoms with Crippen LogP contribution in [0.3, 0.4) is 0 Å². The van der Waals surface area contributed by atoms with Gasteiger partial charge in [-0.25, -0.2) is 4.39 Å². The van der Waals surface area contributed by atoms with E-state index in [1.54, 1.807) is 12.1 Å². The van der Waals surface area contributed by atoms with E-state index in [-0.39, 0.29) is 28.3 Å². The Kier molecular flexibility index (Phi) is 5.33. The summed E-state index contributed by atoms with van der Waals surface area (Å²) >= 11 is 0. The van der Waals surface area contributed by atoms with E-state index in [2.05, 4.69) is 0 Å². The van der Waals surface area contributed by atoms with Crippen molar-refractivity contribution in [1.82, 2.24) is 0 Å². The molecule has 0 radical (unpaired) electrons. The van der Waals surface area contributed by atoms with Crippen molar-refractivity contribution < 1.29 is 18.7 Å². The summed E-state index contributed by atoms with van der Waals surface area (Å²) in [5.74, 6) is -1.28. The Labute approximate surface area is 163 Å². The van der Waals surface area contributed by atoms with Gasteiger partial charge in [0.05, 0.1) is 11.6 Å². The number of halogens is 1. The predicted molar refractivity (Wildman–Crippen MR) is 103 cm³/mol. The minimum Gasteiger partial charge on any atom is -0.454 e. The van der Waals surface area contributed by atoms with E-state index in [9.17, 15) is 14.0 Å². The first kappa shape index (κ1) is 19.8. The molecule has 0 saturated heterocycles. The van der Waals surface area contributed by atoms with Crippen molar-refractivity contribution in [3.63, 3.8) is 0 Å². The van der Waals surface area contributed by atoms with Gasteiger partial charge >= 0.3 is 0 Å². The van der Waals surface area contributed by atoms with E-state index in [0.29, 0.717) is 30.6 Å². The lowest BCUT2D eigenvalue weighted by molar-refractivity contribution is -0.135. The van der Waals surface area contributed by atoms with Crippen LogP contribution in [-0.2, 0) is 16.0 Å². The lowest BCUT2D eigenvalue weighted by Gasteiger charge is -2.33. The molecule has 1 aliphatic carbocycles. The van der Waals surface area contributed by atoms with Gasteiger partial charge in [0.2, 0.25) is 0 Å². The van der Waals surface area contributed by atoms with Gasteiger partial charge in [-0.3, -0.25) is 9.59 Å². The third kappa shape index (κ3) is 3.96. The van der Waals surface area contributed by atoms with Crippen molar-refractivity contribution in [2.24, 2.45) is 5.41 Å². The summed E-state index contributed by atoms with van der Waals surface area (Å²) in [6, 6.07) is 11.0. The van der Waals surface area contributed by atoms with Crippen LogP contribution in [0.4, 0.5) is 4.39 Å². The van der Waals surface area contributed by atoms with E-state index >= 15 is 0 Å². The van der Waals surface area contributed by atoms with E-state index < -0.39 is 11.7 Å². The van der Waals surface area contributed by atoms with Crippen molar-refractivity contribution in [2.75, 3.05) is 0 Å². The van der Waals surface area contributed by atoms with Gasteiger partial charge in [-0.05, 0) is 53.3 Å². The molecule has 5 heteroatoms. The van der Waals surface area contributed by atoms with E-state index in [1.165, 1.54) is 12.1 Å². The van der Waals surface area contributed by atoms with Gasteiger partial charge in [0.25, 0.3) is 0 Å². The molecule has 1 aliphatic rings. The van der Waals surface area contributed by atoms with Crippen LogP contribution in [0.5, 0.6) is 11.5 Å². The van der Waals surface area contributed by atoms with Crippen LogP contribution >= 0.6 is 0 Å². The molecule has 1 saturated carbocycles. The SMILES string of the molecule is CCc1ccc(Oc2ccc(C#N)cc2F)cc1C1C(=O)CC(C)(C)CC1=O. The van der Waals surface area contributed by atoms with Crippen LogP contribution in [0, 0.1) is 22.6 Å². The van der Waals surface area contributed by atoms with Crippen molar-refractivity contribution in [2.45, 2.75) is 46.0 Å². The molecule has 4 nitrogen and oxygen atoms in total. The van der Waals surface area contributed by atoms with Gasteiger partial charge in [0, 0.05) is 12.8 Å². The van der Waals surface area contributed by atoms with Crippen molar-refractivity contribution in [1.29, 1.82) is 5.26 Å². The second-order valence-electron chi connectivity index (χ2n) is 7.96. The number of hydrogen-bond donors (Lipinski definition) is 0. The Morgan fingerprint density at radius 3 is 2.39 bits per heavy atom. The van der Waals surface area contributed by atoms with Crippen LogP contribution in [0.25, 0.3) is 0 Å². The fourth-order valence-electron chi connectivity index (χ4n) is 3.74. The number of rotatable bonds is 4. The fourth-order valence-corrected chi connectivity index (χ4v) is 3.74. The topological polar surface area (TPSA) is 67.2 Å². The molecular formula is C23H22FNO3. The number of nitrogens with zero attached hydrogens (tertiary/aromatic N) is 1. The Balaban J connectivity index is 1.96. The zero-order chi connectivity index (χ0) is 20.5. The second-order valence-corrected chi connectivity index (χ2v) is 7.96. The molecule has 1 fully saturated rings. The number of carbonyl (C=O) groups is 2. The summed E-state index contributed by atoms with van der Waals surface area (Å²) in [6.07, 6.45) is 1.37. The molecule has 28 heavy (non-hydrogen) atoms. The molecule has 3 rings (SSSR count). The molecule has 0 N–H and O–H groups in total. The maximum atomic E-state index is 14.1. The lowest BCUT2D eigenvalue weighted by atomic mass is 9.69. The number of ether oxygens (including phenoxy) is 1. The summed E-state index contributed by atoms with van der Waals surface area (Å²) < 4.78 is 19.8. The smallest absolute Gasteiger partial charge is 0.167 e. The number of hydrogen-bond acceptors (Lipinski definition) is 4. The van der Waals surface area contributed by atoms with E-state index in [0.717, 1.165) is 11.6 Å². The number of aryl methyl sites for hydroxylation is 1. The van der Waals surface area contributed by atoms with Crippen LogP contribution < -0.4 is 4.74 Å². The molecule has 0 amide bonds. The molecule has 0 bridgehead atoms. The molecule has 0 heterocycles. The van der Waals surface area contributed by atoms with Crippen molar-refractivity contribution in [3.8, 4) is 17.6 Å². The van der Waals surface area contributed by atoms with Gasteiger partial charge in [-0.1, -0.05) is 26.8 Å². The molecular weight excluding hydrogens is 357 g/mol. The minimum atomic E-state index is -0.794. The van der Waals surface area contributed by atoms with Crippen LogP contribution in [0.15, 0.2) is 36.4 Å². The summed E-state index contributed by atoms with van der Waals surface area (Å²) in [4.78, 5) is 25.5. The summed E-state index contributed by atoms with van der Waals surface area (Å²) in [7, 11) is 0. The Morgan fingerprint density at radius 1 is 1.14 bits per heavy atom. The van der Waals surface area contributed by atoms with Crippen LogP contribution in [0.1, 0.15) is 56.2 Å². The number of benzene rings is 2. The van der Waals surface area contributed by atoms with Gasteiger partial charge in [-0.2, -0.15) is 5.26 Å². The molecule has 2 aromatic rings. The number of ketones is 2. The van der Waals surface area contributed by atoms with Gasteiger partial charge in [0.1, 0.15) is 23.2 Å². The normalized spacial score (nSPS) is 16.7. The largest absolute Gasteiger partial charge is 0.454 e. The van der Waals surface area contributed by atoms with Crippen molar-refractivity contribution >= 4 is 11.6 Å². The monoisotopic (exact) mass is 379 g/mol. The Bertz CT molecular complexity index is 968. The summed E-state index contributed by atoms with van der Waals surface area (Å²) in [5, 5.41) is 8.85. The quantitative estimate of drug-likeness (QED) is 0.694. The number of nitriles is 1. The third-order valence-electron chi connectivity index (χ3n) is 5.05. The first-order valence-corrected chi connectivity index (χ1v) is 9.30. The van der Waals surface area contributed by atoms with E-state index in [1.807, 2.05) is 32.9 Å². The standard InChI is InChI=1S/C23H22FNO3/c1-4-15-6-7-16(28-21-8-5-14(13-25)9-18(21)24)10-17(15)22-19(26)11-23(2,3)12-20(22)27/h5-10,22H,4,11-12H2,1-3H3. The molecule has 2 aromatic carbocycles. The first-order valence-electron chi connectivity index (χ1n) is 9.30. The zero-order valence-electron chi connectivity index (χ0n) is 16.2. The molecule has 144 valence electrons. The zero-order valence-corrected chi connectivity index (χ0v) is 16.2. The van der Waals surface area contributed by atoms with Gasteiger partial charge in [0.15, 0.2) is 11.6 Å². The molecule has 0 aliphatic heterocycles.